The molecule has 0 aliphatic heterocycles. The van der Waals surface area contributed by atoms with E-state index < -0.39 is 0 Å². The van der Waals surface area contributed by atoms with Crippen molar-refractivity contribution in [2.24, 2.45) is 5.73 Å². The summed E-state index contributed by atoms with van der Waals surface area (Å²) in [7, 11) is 0. The second-order valence-corrected chi connectivity index (χ2v) is 4.82. The zero-order chi connectivity index (χ0) is 14.1. The molecule has 2 heterocycles. The number of fused-ring (bicyclic) bond motifs is 1. The minimum absolute atomic E-state index is 0.274. The van der Waals surface area contributed by atoms with Crippen molar-refractivity contribution in [3.63, 3.8) is 0 Å². The molecule has 1 aromatic carbocycles. The zero-order valence-electron chi connectivity index (χ0n) is 11.2. The van der Waals surface area contributed by atoms with Gasteiger partial charge in [0.05, 0.1) is 5.92 Å². The lowest BCUT2D eigenvalue weighted by molar-refractivity contribution is -0.119. The molecule has 100 valence electrons. The number of primary amides is 1. The molecule has 3 rings (SSSR count). The molecule has 0 bridgehead atoms. The molecule has 4 heteroatoms. The van der Waals surface area contributed by atoms with E-state index in [0.29, 0.717) is 0 Å². The van der Waals surface area contributed by atoms with Gasteiger partial charge in [0, 0.05) is 23.5 Å². The van der Waals surface area contributed by atoms with E-state index in [1.807, 2.05) is 60.2 Å². The van der Waals surface area contributed by atoms with Crippen LogP contribution in [-0.2, 0) is 4.79 Å². The fraction of sp³-hybridized carbons (Fsp3) is 0.125. The van der Waals surface area contributed by atoms with E-state index in [1.165, 1.54) is 0 Å². The van der Waals surface area contributed by atoms with Crippen molar-refractivity contribution in [1.82, 2.24) is 9.55 Å². The molecule has 2 aromatic heterocycles. The molecule has 2 N–H and O–H groups in total. The smallest absolute Gasteiger partial charge is 0.224 e. The first-order valence-corrected chi connectivity index (χ1v) is 6.48. The van der Waals surface area contributed by atoms with Crippen LogP contribution in [0.1, 0.15) is 18.4 Å². The summed E-state index contributed by atoms with van der Waals surface area (Å²) in [5.74, 6) is -0.589. The van der Waals surface area contributed by atoms with Gasteiger partial charge in [0.25, 0.3) is 0 Å². The Hall–Kier alpha value is -2.62. The molecular formula is C16H15N3O. The lowest BCUT2D eigenvalue weighted by Crippen LogP contribution is -2.18. The average Bonchev–Trinajstić information content (AvgIpc) is 2.90. The van der Waals surface area contributed by atoms with Crippen molar-refractivity contribution in [3.8, 4) is 5.69 Å². The maximum absolute atomic E-state index is 11.2. The number of nitrogens with zero attached hydrogens (tertiary/aromatic N) is 2. The number of carbonyl (C=O) groups excluding carboxylic acids is 1. The fourth-order valence-electron chi connectivity index (χ4n) is 2.26. The summed E-state index contributed by atoms with van der Waals surface area (Å²) >= 11 is 0. The standard InChI is InChI=1S/C16H15N3O/c1-11(15(17)20)12-4-6-14(7-5-12)19-10-8-13-3-2-9-18-16(13)19/h2-11H,1H3,(H2,17,20). The van der Waals surface area contributed by atoms with Crippen LogP contribution in [0.5, 0.6) is 0 Å². The summed E-state index contributed by atoms with van der Waals surface area (Å²) < 4.78 is 2.02. The van der Waals surface area contributed by atoms with Gasteiger partial charge in [-0.05, 0) is 42.8 Å². The summed E-state index contributed by atoms with van der Waals surface area (Å²) in [4.78, 5) is 15.6. The van der Waals surface area contributed by atoms with Gasteiger partial charge < -0.3 is 10.3 Å². The highest BCUT2D eigenvalue weighted by molar-refractivity contribution is 5.81. The fourth-order valence-corrected chi connectivity index (χ4v) is 2.26. The normalized spacial score (nSPS) is 12.4. The Labute approximate surface area is 116 Å². The first kappa shape index (κ1) is 12.4. The first-order valence-electron chi connectivity index (χ1n) is 6.48. The maximum atomic E-state index is 11.2. The van der Waals surface area contributed by atoms with Crippen molar-refractivity contribution < 1.29 is 4.79 Å². The minimum Gasteiger partial charge on any atom is -0.369 e. The number of hydrogen-bond acceptors (Lipinski definition) is 2. The summed E-state index contributed by atoms with van der Waals surface area (Å²) in [5, 5.41) is 1.10. The number of nitrogens with two attached hydrogens (primary N) is 1. The monoisotopic (exact) mass is 265 g/mol. The molecule has 0 radical (unpaired) electrons. The van der Waals surface area contributed by atoms with Gasteiger partial charge in [-0.3, -0.25) is 4.79 Å². The van der Waals surface area contributed by atoms with Crippen LogP contribution in [0, 0.1) is 0 Å². The molecule has 1 atom stereocenters. The lowest BCUT2D eigenvalue weighted by Gasteiger charge is -2.09. The largest absolute Gasteiger partial charge is 0.369 e. The molecular weight excluding hydrogens is 250 g/mol. The number of amides is 1. The predicted molar refractivity (Wildman–Crippen MR) is 78.7 cm³/mol. The number of benzene rings is 1. The number of pyridine rings is 1. The van der Waals surface area contributed by atoms with Gasteiger partial charge in [-0.1, -0.05) is 12.1 Å². The molecule has 0 aliphatic rings. The average molecular weight is 265 g/mol. The van der Waals surface area contributed by atoms with Crippen LogP contribution in [0.15, 0.2) is 54.9 Å². The van der Waals surface area contributed by atoms with E-state index in [4.69, 9.17) is 5.73 Å². The third kappa shape index (κ3) is 2.05. The van der Waals surface area contributed by atoms with E-state index in [-0.39, 0.29) is 11.8 Å². The third-order valence-corrected chi connectivity index (χ3v) is 3.55. The van der Waals surface area contributed by atoms with Gasteiger partial charge >= 0.3 is 0 Å². The summed E-state index contributed by atoms with van der Waals surface area (Å²) in [6, 6.07) is 13.8. The predicted octanol–water partition coefficient (Wildman–Crippen LogP) is 2.61. The highest BCUT2D eigenvalue weighted by Gasteiger charge is 2.11. The summed E-state index contributed by atoms with van der Waals surface area (Å²) in [5.41, 5.74) is 8.18. The molecule has 0 saturated heterocycles. The quantitative estimate of drug-likeness (QED) is 0.791. The molecule has 0 aliphatic carbocycles. The maximum Gasteiger partial charge on any atom is 0.224 e. The van der Waals surface area contributed by atoms with Gasteiger partial charge in [0.1, 0.15) is 5.65 Å². The molecule has 1 unspecified atom stereocenters. The van der Waals surface area contributed by atoms with E-state index in [9.17, 15) is 4.79 Å². The van der Waals surface area contributed by atoms with Gasteiger partial charge in [-0.25, -0.2) is 4.98 Å². The van der Waals surface area contributed by atoms with Crippen LogP contribution >= 0.6 is 0 Å². The van der Waals surface area contributed by atoms with Gasteiger partial charge in [0.2, 0.25) is 5.91 Å². The first-order chi connectivity index (χ1) is 9.66. The van der Waals surface area contributed by atoms with E-state index in [0.717, 1.165) is 22.3 Å². The second-order valence-electron chi connectivity index (χ2n) is 4.82. The van der Waals surface area contributed by atoms with Crippen LogP contribution < -0.4 is 5.73 Å². The topological polar surface area (TPSA) is 60.9 Å². The van der Waals surface area contributed by atoms with Crippen LogP contribution in [-0.4, -0.2) is 15.5 Å². The minimum atomic E-state index is -0.314. The SMILES string of the molecule is CC(C(N)=O)c1ccc(-n2ccc3cccnc32)cc1. The van der Waals surface area contributed by atoms with E-state index in [1.54, 1.807) is 6.20 Å². The lowest BCUT2D eigenvalue weighted by atomic mass is 10.0. The van der Waals surface area contributed by atoms with E-state index in [2.05, 4.69) is 4.98 Å². The molecule has 4 nitrogen and oxygen atoms in total. The number of aromatic nitrogens is 2. The van der Waals surface area contributed by atoms with Crippen LogP contribution in [0.25, 0.3) is 16.7 Å². The zero-order valence-corrected chi connectivity index (χ0v) is 11.2. The molecule has 20 heavy (non-hydrogen) atoms. The highest BCUT2D eigenvalue weighted by atomic mass is 16.1. The van der Waals surface area contributed by atoms with E-state index >= 15 is 0 Å². The Kier molecular flexibility index (Phi) is 2.99. The summed E-state index contributed by atoms with van der Waals surface area (Å²) in [6.45, 7) is 1.81. The molecule has 0 saturated carbocycles. The number of rotatable bonds is 3. The Morgan fingerprint density at radius 2 is 1.95 bits per heavy atom. The van der Waals surface area contributed by atoms with Crippen molar-refractivity contribution in [2.45, 2.75) is 12.8 Å². The van der Waals surface area contributed by atoms with Crippen LogP contribution in [0.3, 0.4) is 0 Å². The molecule has 0 spiro atoms. The Balaban J connectivity index is 2.01. The summed E-state index contributed by atoms with van der Waals surface area (Å²) in [6.07, 6.45) is 3.77. The molecule has 0 fully saturated rings. The van der Waals surface area contributed by atoms with Crippen molar-refractivity contribution in [2.75, 3.05) is 0 Å². The number of carbonyl (C=O) groups is 1. The third-order valence-electron chi connectivity index (χ3n) is 3.55. The van der Waals surface area contributed by atoms with Crippen molar-refractivity contribution in [3.05, 3.63) is 60.4 Å². The molecule has 3 aromatic rings. The van der Waals surface area contributed by atoms with Crippen LogP contribution in [0.4, 0.5) is 0 Å². The second kappa shape index (κ2) is 4.81. The van der Waals surface area contributed by atoms with Crippen LogP contribution in [0.2, 0.25) is 0 Å². The highest BCUT2D eigenvalue weighted by Crippen LogP contribution is 2.21. The molecule has 1 amide bonds. The van der Waals surface area contributed by atoms with Crippen molar-refractivity contribution >= 4 is 16.9 Å². The van der Waals surface area contributed by atoms with Crippen molar-refractivity contribution in [1.29, 1.82) is 0 Å². The Bertz CT molecular complexity index is 759. The Morgan fingerprint density at radius 1 is 1.20 bits per heavy atom. The Morgan fingerprint density at radius 3 is 2.65 bits per heavy atom. The van der Waals surface area contributed by atoms with Gasteiger partial charge in [-0.2, -0.15) is 0 Å². The number of hydrogen-bond donors (Lipinski definition) is 1. The van der Waals surface area contributed by atoms with Gasteiger partial charge in [0.15, 0.2) is 0 Å². The van der Waals surface area contributed by atoms with Gasteiger partial charge in [-0.15, -0.1) is 0 Å².